The van der Waals surface area contributed by atoms with E-state index in [1.54, 1.807) is 55.6 Å². The van der Waals surface area contributed by atoms with Gasteiger partial charge in [-0.3, -0.25) is 10.1 Å². The molecule has 10 heteroatoms. The lowest BCUT2D eigenvalue weighted by Crippen LogP contribution is -2.40. The average molecular weight is 492 g/mol. The quantitative estimate of drug-likeness (QED) is 0.550. The van der Waals surface area contributed by atoms with Gasteiger partial charge in [0.1, 0.15) is 5.75 Å². The molecule has 0 spiro atoms. The molecule has 2 aromatic carbocycles. The first kappa shape index (κ1) is 24.8. The molecule has 33 heavy (non-hydrogen) atoms. The maximum Gasteiger partial charge on any atom is 0.257 e. The van der Waals surface area contributed by atoms with E-state index in [0.29, 0.717) is 48.4 Å². The molecule has 2 heterocycles. The van der Waals surface area contributed by atoms with Crippen molar-refractivity contribution in [1.29, 1.82) is 0 Å². The molecule has 3 aromatic rings. The average Bonchev–Trinajstić information content (AvgIpc) is 3.34. The van der Waals surface area contributed by atoms with Crippen molar-refractivity contribution in [2.75, 3.05) is 38.7 Å². The fraction of sp³-hybridized carbons (Fsp3) is 0.304. The number of nitrogens with one attached hydrogen (secondary N) is 1. The van der Waals surface area contributed by atoms with E-state index in [4.69, 9.17) is 9.47 Å². The summed E-state index contributed by atoms with van der Waals surface area (Å²) in [7, 11) is -1.97. The van der Waals surface area contributed by atoms with Gasteiger partial charge in [-0.25, -0.2) is 13.4 Å². The number of nitrogens with zero attached hydrogens (tertiary/aromatic N) is 2. The van der Waals surface area contributed by atoms with Crippen LogP contribution in [0, 0.1) is 0 Å². The number of sulfonamides is 1. The first-order chi connectivity index (χ1) is 16.0. The molecule has 1 aromatic heterocycles. The minimum Gasteiger partial charge on any atom is -0.497 e. The smallest absolute Gasteiger partial charge is 0.257 e. The third-order valence-corrected chi connectivity index (χ3v) is 7.51. The monoisotopic (exact) mass is 491 g/mol. The maximum absolute atomic E-state index is 12.7. The Kier molecular flexibility index (Phi) is 8.56. The highest BCUT2D eigenvalue weighted by Gasteiger charge is 2.26. The molecule has 0 unspecified atom stereocenters. The van der Waals surface area contributed by atoms with Crippen LogP contribution in [0.4, 0.5) is 5.13 Å². The molecule has 0 bridgehead atoms. The van der Waals surface area contributed by atoms with Gasteiger partial charge >= 0.3 is 0 Å². The molecule has 0 atom stereocenters. The van der Waals surface area contributed by atoms with Gasteiger partial charge in [-0.05, 0) is 36.4 Å². The molecular weight excluding hydrogens is 462 g/mol. The minimum absolute atomic E-state index is 0. The summed E-state index contributed by atoms with van der Waals surface area (Å²) in [5.41, 5.74) is 1.92. The summed E-state index contributed by atoms with van der Waals surface area (Å²) in [6.07, 6.45) is 0. The molecule has 1 N–H and O–H groups in total. The molecule has 0 saturated carbocycles. The minimum atomic E-state index is -3.54. The highest BCUT2D eigenvalue weighted by atomic mass is 32.2. The number of morpholine rings is 1. The van der Waals surface area contributed by atoms with E-state index in [1.165, 1.54) is 15.6 Å². The van der Waals surface area contributed by atoms with E-state index in [9.17, 15) is 13.2 Å². The number of rotatable bonds is 6. The Morgan fingerprint density at radius 1 is 1.09 bits per heavy atom. The maximum atomic E-state index is 12.7. The van der Waals surface area contributed by atoms with Crippen molar-refractivity contribution >= 4 is 32.4 Å². The number of thiazole rings is 1. The van der Waals surface area contributed by atoms with Crippen molar-refractivity contribution in [3.05, 3.63) is 59.5 Å². The van der Waals surface area contributed by atoms with Crippen molar-refractivity contribution in [2.24, 2.45) is 0 Å². The first-order valence-corrected chi connectivity index (χ1v) is 12.9. The van der Waals surface area contributed by atoms with Gasteiger partial charge in [-0.15, -0.1) is 11.3 Å². The zero-order valence-electron chi connectivity index (χ0n) is 18.8. The molecular formula is C23H29N3O5S2. The third kappa shape index (κ3) is 5.97. The number of methoxy groups -OCH3 is 1. The Hall–Kier alpha value is -2.79. The molecule has 0 aliphatic carbocycles. The molecule has 8 nitrogen and oxygen atoms in total. The summed E-state index contributed by atoms with van der Waals surface area (Å²) >= 11 is 1.30. The van der Waals surface area contributed by atoms with Crippen molar-refractivity contribution in [1.82, 2.24) is 9.29 Å². The lowest BCUT2D eigenvalue weighted by Gasteiger charge is -2.26. The second-order valence-corrected chi connectivity index (χ2v) is 9.56. The highest BCUT2D eigenvalue weighted by Crippen LogP contribution is 2.27. The Balaban J connectivity index is 0.00000133. The molecule has 4 rings (SSSR count). The standard InChI is InChI=1S/C21H21N3O5S2.C2H6.H2/c1-28-17-6-2-16(3-7-17)20(25)23-21-22-19(14-30-21)15-4-8-18(9-5-15)31(26,27)24-10-12-29-13-11-24;1-2;/h2-9,14H,10-13H2,1H3,(H,22,23,25);1-2H3;1H. The predicted octanol–water partition coefficient (Wildman–Crippen LogP) is 4.36. The topological polar surface area (TPSA) is 97.8 Å². The van der Waals surface area contributed by atoms with Crippen LogP contribution < -0.4 is 10.1 Å². The van der Waals surface area contributed by atoms with Gasteiger partial charge < -0.3 is 9.47 Å². The molecule has 1 aliphatic rings. The fourth-order valence-electron chi connectivity index (χ4n) is 3.11. The summed E-state index contributed by atoms with van der Waals surface area (Å²) in [6.45, 7) is 5.52. The van der Waals surface area contributed by atoms with Crippen LogP contribution in [0.1, 0.15) is 25.6 Å². The summed E-state index contributed by atoms with van der Waals surface area (Å²) < 4.78 is 37.2. The number of hydrogen-bond donors (Lipinski definition) is 1. The van der Waals surface area contributed by atoms with E-state index in [-0.39, 0.29) is 12.2 Å². The molecule has 1 fully saturated rings. The second-order valence-electron chi connectivity index (χ2n) is 6.76. The molecule has 0 radical (unpaired) electrons. The van der Waals surface area contributed by atoms with Crippen LogP contribution >= 0.6 is 11.3 Å². The van der Waals surface area contributed by atoms with Gasteiger partial charge in [0, 0.05) is 31.0 Å². The number of carbonyl (C=O) groups is 1. The number of carbonyl (C=O) groups excluding carboxylic acids is 1. The van der Waals surface area contributed by atoms with Crippen molar-refractivity contribution in [2.45, 2.75) is 18.7 Å². The van der Waals surface area contributed by atoms with Gasteiger partial charge in [0.2, 0.25) is 10.0 Å². The molecule has 178 valence electrons. The normalized spacial score (nSPS) is 14.2. The lowest BCUT2D eigenvalue weighted by atomic mass is 10.2. The number of amides is 1. The van der Waals surface area contributed by atoms with Crippen LogP contribution in [0.15, 0.2) is 58.8 Å². The zero-order chi connectivity index (χ0) is 23.8. The molecule has 1 saturated heterocycles. The van der Waals surface area contributed by atoms with Gasteiger partial charge in [-0.1, -0.05) is 26.0 Å². The van der Waals surface area contributed by atoms with Crippen LogP contribution in [-0.2, 0) is 14.8 Å². The van der Waals surface area contributed by atoms with Crippen LogP contribution in [0.25, 0.3) is 11.3 Å². The van der Waals surface area contributed by atoms with Crippen LogP contribution in [0.3, 0.4) is 0 Å². The number of anilines is 1. The summed E-state index contributed by atoms with van der Waals surface area (Å²) in [5.74, 6) is 0.405. The van der Waals surface area contributed by atoms with E-state index in [2.05, 4.69) is 10.3 Å². The summed E-state index contributed by atoms with van der Waals surface area (Å²) in [4.78, 5) is 17.1. The van der Waals surface area contributed by atoms with Crippen molar-refractivity contribution in [3.8, 4) is 17.0 Å². The zero-order valence-corrected chi connectivity index (χ0v) is 20.4. The Morgan fingerprint density at radius 3 is 2.33 bits per heavy atom. The Labute approximate surface area is 199 Å². The van der Waals surface area contributed by atoms with E-state index >= 15 is 0 Å². The number of hydrogen-bond acceptors (Lipinski definition) is 7. The summed E-state index contributed by atoms with van der Waals surface area (Å²) in [6, 6.07) is 13.4. The van der Waals surface area contributed by atoms with Crippen LogP contribution in [0.5, 0.6) is 5.75 Å². The van der Waals surface area contributed by atoms with Crippen LogP contribution in [-0.4, -0.2) is 57.0 Å². The van der Waals surface area contributed by atoms with Gasteiger partial charge in [0.05, 0.1) is 30.9 Å². The van der Waals surface area contributed by atoms with Crippen molar-refractivity contribution < 1.29 is 24.1 Å². The second kappa shape index (κ2) is 11.4. The Morgan fingerprint density at radius 2 is 1.73 bits per heavy atom. The number of benzene rings is 2. The summed E-state index contributed by atoms with van der Waals surface area (Å²) in [5, 5.41) is 5.05. The highest BCUT2D eigenvalue weighted by molar-refractivity contribution is 7.89. The largest absolute Gasteiger partial charge is 0.497 e. The SMILES string of the molecule is CC.COc1ccc(C(=O)Nc2nc(-c3ccc(S(=O)(=O)N4CCOCC4)cc3)cs2)cc1.[HH]. The molecule has 1 amide bonds. The van der Waals surface area contributed by atoms with E-state index in [1.807, 2.05) is 19.2 Å². The van der Waals surface area contributed by atoms with Crippen molar-refractivity contribution in [3.63, 3.8) is 0 Å². The fourth-order valence-corrected chi connectivity index (χ4v) is 5.23. The molecule has 1 aliphatic heterocycles. The number of ether oxygens (including phenoxy) is 2. The van der Waals surface area contributed by atoms with E-state index in [0.717, 1.165) is 5.56 Å². The van der Waals surface area contributed by atoms with E-state index < -0.39 is 10.0 Å². The number of aromatic nitrogens is 1. The van der Waals surface area contributed by atoms with Gasteiger partial charge in [0.25, 0.3) is 5.91 Å². The van der Waals surface area contributed by atoms with Gasteiger partial charge in [-0.2, -0.15) is 4.31 Å². The first-order valence-electron chi connectivity index (χ1n) is 10.6. The van der Waals surface area contributed by atoms with Gasteiger partial charge in [0.15, 0.2) is 5.13 Å². The Bertz CT molecular complexity index is 1160. The predicted molar refractivity (Wildman–Crippen MR) is 132 cm³/mol. The third-order valence-electron chi connectivity index (χ3n) is 4.83. The lowest BCUT2D eigenvalue weighted by molar-refractivity contribution is 0.0730. The van der Waals surface area contributed by atoms with Crippen LogP contribution in [0.2, 0.25) is 0 Å².